The smallest absolute Gasteiger partial charge is 0.406 e. The molecule has 0 amide bonds. The topological polar surface area (TPSA) is 24.5 Å². The molecule has 0 bridgehead atoms. The average molecular weight is 290 g/mol. The van der Waals surface area contributed by atoms with Crippen LogP contribution in [0.15, 0.2) is 24.3 Å². The van der Waals surface area contributed by atoms with E-state index in [9.17, 15) is 13.2 Å². The van der Waals surface area contributed by atoms with Gasteiger partial charge in [-0.15, -0.1) is 13.2 Å². The minimum absolute atomic E-state index is 0.0132. The summed E-state index contributed by atoms with van der Waals surface area (Å²) in [6.07, 6.45) is -4.64. The van der Waals surface area contributed by atoms with E-state index in [1.165, 1.54) is 12.1 Å². The zero-order valence-electron chi connectivity index (χ0n) is 12.2. The van der Waals surface area contributed by atoms with Crippen molar-refractivity contribution in [3.8, 4) is 5.75 Å². The van der Waals surface area contributed by atoms with Gasteiger partial charge in [0.2, 0.25) is 0 Å². The van der Waals surface area contributed by atoms with Crippen LogP contribution in [0, 0.1) is 0 Å². The van der Waals surface area contributed by atoms with Crippen LogP contribution < -0.4 is 10.1 Å². The zero-order chi connectivity index (χ0) is 15.4. The van der Waals surface area contributed by atoms with Crippen molar-refractivity contribution < 1.29 is 17.9 Å². The maximum atomic E-state index is 12.0. The zero-order valence-corrected chi connectivity index (χ0v) is 12.2. The first kappa shape index (κ1) is 16.8. The monoisotopic (exact) mass is 290 g/mol. The first-order valence-electron chi connectivity index (χ1n) is 6.33. The van der Waals surface area contributed by atoms with Gasteiger partial charge < -0.3 is 15.0 Å². The van der Waals surface area contributed by atoms with E-state index in [1.54, 1.807) is 12.1 Å². The Morgan fingerprint density at radius 1 is 1.10 bits per heavy atom. The standard InChI is InChI=1S/C14H21F3N2O/c1-13(2,19(3)4)10-18-9-11-5-7-12(8-6-11)20-14(15,16)17/h5-8,18H,9-10H2,1-4H3. The van der Waals surface area contributed by atoms with Crippen LogP contribution in [0.3, 0.4) is 0 Å². The molecule has 0 spiro atoms. The van der Waals surface area contributed by atoms with E-state index in [0.717, 1.165) is 12.1 Å². The Morgan fingerprint density at radius 3 is 2.10 bits per heavy atom. The number of benzene rings is 1. The van der Waals surface area contributed by atoms with E-state index in [4.69, 9.17) is 0 Å². The Balaban J connectivity index is 2.47. The Hall–Kier alpha value is -1.27. The summed E-state index contributed by atoms with van der Waals surface area (Å²) in [4.78, 5) is 2.11. The van der Waals surface area contributed by atoms with Crippen LogP contribution in [0.25, 0.3) is 0 Å². The van der Waals surface area contributed by atoms with Crippen LogP contribution in [-0.2, 0) is 6.54 Å². The van der Waals surface area contributed by atoms with E-state index in [-0.39, 0.29) is 11.3 Å². The molecular weight excluding hydrogens is 269 g/mol. The molecule has 0 atom stereocenters. The lowest BCUT2D eigenvalue weighted by Gasteiger charge is -2.32. The van der Waals surface area contributed by atoms with Crippen molar-refractivity contribution in [2.24, 2.45) is 0 Å². The molecule has 0 saturated heterocycles. The summed E-state index contributed by atoms with van der Waals surface area (Å²) < 4.78 is 39.9. The maximum Gasteiger partial charge on any atom is 0.573 e. The molecule has 20 heavy (non-hydrogen) atoms. The van der Waals surface area contributed by atoms with E-state index in [2.05, 4.69) is 28.8 Å². The fourth-order valence-corrected chi connectivity index (χ4v) is 1.48. The fourth-order valence-electron chi connectivity index (χ4n) is 1.48. The van der Waals surface area contributed by atoms with Crippen LogP contribution in [0.1, 0.15) is 19.4 Å². The van der Waals surface area contributed by atoms with Gasteiger partial charge in [-0.2, -0.15) is 0 Å². The Bertz CT molecular complexity index is 413. The quantitative estimate of drug-likeness (QED) is 0.871. The molecule has 3 nitrogen and oxygen atoms in total. The molecule has 6 heteroatoms. The molecular formula is C14H21F3N2O. The Labute approximate surface area is 117 Å². The summed E-state index contributed by atoms with van der Waals surface area (Å²) >= 11 is 0. The third kappa shape index (κ3) is 5.79. The molecule has 0 aliphatic heterocycles. The minimum atomic E-state index is -4.64. The number of halogens is 3. The summed E-state index contributed by atoms with van der Waals surface area (Å²) in [6, 6.07) is 5.89. The van der Waals surface area contributed by atoms with Crippen molar-refractivity contribution in [3.63, 3.8) is 0 Å². The van der Waals surface area contributed by atoms with E-state index < -0.39 is 6.36 Å². The van der Waals surface area contributed by atoms with Gasteiger partial charge in [-0.05, 0) is 45.6 Å². The fraction of sp³-hybridized carbons (Fsp3) is 0.571. The maximum absolute atomic E-state index is 12.0. The van der Waals surface area contributed by atoms with E-state index in [0.29, 0.717) is 6.54 Å². The average Bonchev–Trinajstić information content (AvgIpc) is 2.29. The lowest BCUT2D eigenvalue weighted by atomic mass is 10.0. The van der Waals surface area contributed by atoms with Crippen molar-refractivity contribution in [2.75, 3.05) is 20.6 Å². The molecule has 0 unspecified atom stereocenters. The summed E-state index contributed by atoms with van der Waals surface area (Å²) in [5, 5.41) is 3.29. The predicted molar refractivity (Wildman–Crippen MR) is 72.6 cm³/mol. The number of ether oxygens (including phenoxy) is 1. The number of alkyl halides is 3. The second-order valence-corrected chi connectivity index (χ2v) is 5.50. The van der Waals surface area contributed by atoms with Crippen LogP contribution in [-0.4, -0.2) is 37.4 Å². The molecule has 1 aromatic rings. The molecule has 0 heterocycles. The van der Waals surface area contributed by atoms with Gasteiger partial charge in [-0.25, -0.2) is 0 Å². The van der Waals surface area contributed by atoms with Crippen LogP contribution >= 0.6 is 0 Å². The number of hydrogen-bond acceptors (Lipinski definition) is 3. The summed E-state index contributed by atoms with van der Waals surface area (Å²) in [5.74, 6) is -0.199. The highest BCUT2D eigenvalue weighted by molar-refractivity contribution is 5.27. The van der Waals surface area contributed by atoms with Crippen molar-refractivity contribution >= 4 is 0 Å². The molecule has 0 aliphatic carbocycles. The first-order valence-corrected chi connectivity index (χ1v) is 6.33. The molecule has 0 fully saturated rings. The lowest BCUT2D eigenvalue weighted by Crippen LogP contribution is -2.46. The third-order valence-electron chi connectivity index (χ3n) is 3.25. The highest BCUT2D eigenvalue weighted by Gasteiger charge is 2.30. The number of nitrogens with one attached hydrogen (secondary N) is 1. The first-order chi connectivity index (χ1) is 9.10. The van der Waals surface area contributed by atoms with Crippen molar-refractivity contribution in [2.45, 2.75) is 32.3 Å². The van der Waals surface area contributed by atoms with E-state index in [1.807, 2.05) is 14.1 Å². The summed E-state index contributed by atoms with van der Waals surface area (Å²) in [5.41, 5.74) is 0.924. The van der Waals surface area contributed by atoms with E-state index >= 15 is 0 Å². The normalized spacial score (nSPS) is 12.8. The molecule has 1 rings (SSSR count). The van der Waals surface area contributed by atoms with Crippen LogP contribution in [0.2, 0.25) is 0 Å². The van der Waals surface area contributed by atoms with Crippen LogP contribution in [0.4, 0.5) is 13.2 Å². The number of rotatable bonds is 6. The second kappa shape index (κ2) is 6.45. The lowest BCUT2D eigenvalue weighted by molar-refractivity contribution is -0.274. The van der Waals surface area contributed by atoms with Crippen molar-refractivity contribution in [3.05, 3.63) is 29.8 Å². The highest BCUT2D eigenvalue weighted by Crippen LogP contribution is 2.22. The molecule has 0 saturated carbocycles. The van der Waals surface area contributed by atoms with Crippen molar-refractivity contribution in [1.82, 2.24) is 10.2 Å². The van der Waals surface area contributed by atoms with Gasteiger partial charge in [0.15, 0.2) is 0 Å². The van der Waals surface area contributed by atoms with Gasteiger partial charge >= 0.3 is 6.36 Å². The van der Waals surface area contributed by atoms with Crippen LogP contribution in [0.5, 0.6) is 5.75 Å². The van der Waals surface area contributed by atoms with Gasteiger partial charge in [-0.3, -0.25) is 0 Å². The minimum Gasteiger partial charge on any atom is -0.406 e. The Morgan fingerprint density at radius 2 is 1.65 bits per heavy atom. The molecule has 0 aliphatic rings. The highest BCUT2D eigenvalue weighted by atomic mass is 19.4. The van der Waals surface area contributed by atoms with Crippen molar-refractivity contribution in [1.29, 1.82) is 0 Å². The molecule has 0 aromatic heterocycles. The SMILES string of the molecule is CN(C)C(C)(C)CNCc1ccc(OC(F)(F)F)cc1. The second-order valence-electron chi connectivity index (χ2n) is 5.50. The number of likely N-dealkylation sites (N-methyl/N-ethyl adjacent to an activating group) is 1. The van der Waals surface area contributed by atoms with Gasteiger partial charge in [0.1, 0.15) is 5.75 Å². The largest absolute Gasteiger partial charge is 0.573 e. The molecule has 114 valence electrons. The molecule has 1 N–H and O–H groups in total. The molecule has 1 aromatic carbocycles. The van der Waals surface area contributed by atoms with Gasteiger partial charge in [0.05, 0.1) is 0 Å². The van der Waals surface area contributed by atoms with Gasteiger partial charge in [-0.1, -0.05) is 12.1 Å². The third-order valence-corrected chi connectivity index (χ3v) is 3.25. The number of nitrogens with zero attached hydrogens (tertiary/aromatic N) is 1. The molecule has 0 radical (unpaired) electrons. The number of hydrogen-bond donors (Lipinski definition) is 1. The summed E-state index contributed by atoms with van der Waals surface area (Å²) in [6.45, 7) is 5.60. The predicted octanol–water partition coefficient (Wildman–Crippen LogP) is 3.02. The summed E-state index contributed by atoms with van der Waals surface area (Å²) in [7, 11) is 4.01. The Kier molecular flexibility index (Phi) is 5.42. The van der Waals surface area contributed by atoms with Gasteiger partial charge in [0.25, 0.3) is 0 Å². The van der Waals surface area contributed by atoms with Gasteiger partial charge in [0, 0.05) is 18.6 Å².